The Morgan fingerprint density at radius 2 is 2.04 bits per heavy atom. The van der Waals surface area contributed by atoms with E-state index in [1.807, 2.05) is 13.0 Å². The van der Waals surface area contributed by atoms with E-state index in [1.54, 1.807) is 0 Å². The molecule has 0 saturated carbocycles. The number of piperidine rings is 1. The zero-order chi connectivity index (χ0) is 17.5. The second-order valence-corrected chi connectivity index (χ2v) is 7.26. The maximum atomic E-state index is 12.5. The van der Waals surface area contributed by atoms with Crippen LogP contribution >= 0.6 is 0 Å². The number of ether oxygens (including phenoxy) is 2. The molecule has 1 aromatic rings. The van der Waals surface area contributed by atoms with E-state index < -0.39 is 0 Å². The molecule has 2 fully saturated rings. The predicted molar refractivity (Wildman–Crippen MR) is 97.2 cm³/mol. The van der Waals surface area contributed by atoms with Crippen LogP contribution in [0.25, 0.3) is 0 Å². The van der Waals surface area contributed by atoms with Gasteiger partial charge in [-0.1, -0.05) is 30.3 Å². The van der Waals surface area contributed by atoms with Crippen molar-refractivity contribution in [3.8, 4) is 0 Å². The standard InChI is InChI=1S/C20H30N2O3/c1-16(14-25-19-9-12-24-15-19)21-20(23)18-7-10-22(11-8-18)13-17-5-3-2-4-6-17/h2-6,16,18-19H,7-15H2,1H3,(H,21,23). The molecule has 2 unspecified atom stereocenters. The highest BCUT2D eigenvalue weighted by Crippen LogP contribution is 2.19. The summed E-state index contributed by atoms with van der Waals surface area (Å²) < 4.78 is 11.1. The molecule has 1 amide bonds. The summed E-state index contributed by atoms with van der Waals surface area (Å²) in [7, 11) is 0. The van der Waals surface area contributed by atoms with E-state index in [2.05, 4.69) is 34.5 Å². The summed E-state index contributed by atoms with van der Waals surface area (Å²) in [4.78, 5) is 14.9. The van der Waals surface area contributed by atoms with Gasteiger partial charge in [-0.05, 0) is 44.8 Å². The maximum Gasteiger partial charge on any atom is 0.223 e. The molecule has 0 aliphatic carbocycles. The van der Waals surface area contributed by atoms with E-state index in [0.717, 1.165) is 45.5 Å². The first-order valence-corrected chi connectivity index (χ1v) is 9.46. The Kier molecular flexibility index (Phi) is 6.84. The Hall–Kier alpha value is -1.43. The lowest BCUT2D eigenvalue weighted by Gasteiger charge is -2.32. The molecule has 1 N–H and O–H groups in total. The van der Waals surface area contributed by atoms with Crippen LogP contribution < -0.4 is 5.32 Å². The van der Waals surface area contributed by atoms with Crippen molar-refractivity contribution in [1.82, 2.24) is 10.2 Å². The van der Waals surface area contributed by atoms with Gasteiger partial charge >= 0.3 is 0 Å². The number of likely N-dealkylation sites (tertiary alicyclic amines) is 1. The average Bonchev–Trinajstić information content (AvgIpc) is 3.15. The number of carbonyl (C=O) groups is 1. The summed E-state index contributed by atoms with van der Waals surface area (Å²) in [5.41, 5.74) is 1.34. The van der Waals surface area contributed by atoms with Gasteiger partial charge in [-0.2, -0.15) is 0 Å². The number of amides is 1. The highest BCUT2D eigenvalue weighted by molar-refractivity contribution is 5.79. The third kappa shape index (κ3) is 5.80. The molecule has 1 aromatic carbocycles. The van der Waals surface area contributed by atoms with Crippen LogP contribution in [0.5, 0.6) is 0 Å². The Labute approximate surface area is 150 Å². The quantitative estimate of drug-likeness (QED) is 0.822. The minimum atomic E-state index is 0.0513. The highest BCUT2D eigenvalue weighted by Gasteiger charge is 2.26. The molecule has 25 heavy (non-hydrogen) atoms. The van der Waals surface area contributed by atoms with E-state index in [0.29, 0.717) is 13.2 Å². The number of carbonyl (C=O) groups excluding carboxylic acids is 1. The smallest absolute Gasteiger partial charge is 0.223 e. The van der Waals surface area contributed by atoms with Gasteiger partial charge in [0.05, 0.1) is 19.3 Å². The van der Waals surface area contributed by atoms with Crippen molar-refractivity contribution in [1.29, 1.82) is 0 Å². The topological polar surface area (TPSA) is 50.8 Å². The Morgan fingerprint density at radius 3 is 2.72 bits per heavy atom. The number of benzene rings is 1. The fourth-order valence-corrected chi connectivity index (χ4v) is 3.52. The van der Waals surface area contributed by atoms with Crippen LogP contribution in [-0.4, -0.2) is 55.9 Å². The molecular formula is C20H30N2O3. The van der Waals surface area contributed by atoms with E-state index in [9.17, 15) is 4.79 Å². The van der Waals surface area contributed by atoms with Crippen molar-refractivity contribution in [3.05, 3.63) is 35.9 Å². The average molecular weight is 346 g/mol. The summed E-state index contributed by atoms with van der Waals surface area (Å²) >= 11 is 0. The first-order chi connectivity index (χ1) is 12.2. The monoisotopic (exact) mass is 346 g/mol. The Morgan fingerprint density at radius 1 is 1.28 bits per heavy atom. The summed E-state index contributed by atoms with van der Waals surface area (Å²) in [6.45, 7) is 6.98. The normalized spacial score (nSPS) is 23.5. The van der Waals surface area contributed by atoms with Crippen molar-refractivity contribution in [3.63, 3.8) is 0 Å². The fourth-order valence-electron chi connectivity index (χ4n) is 3.52. The summed E-state index contributed by atoms with van der Waals surface area (Å²) in [5.74, 6) is 0.308. The van der Waals surface area contributed by atoms with E-state index in [1.165, 1.54) is 5.56 Å². The SMILES string of the molecule is CC(COC1CCOC1)NC(=O)C1CCN(Cc2ccccc2)CC1. The molecule has 138 valence electrons. The van der Waals surface area contributed by atoms with Crippen molar-refractivity contribution in [2.45, 2.75) is 44.9 Å². The first kappa shape index (κ1) is 18.4. The second-order valence-electron chi connectivity index (χ2n) is 7.26. The predicted octanol–water partition coefficient (Wildman–Crippen LogP) is 2.21. The number of hydrogen-bond acceptors (Lipinski definition) is 4. The molecule has 5 nitrogen and oxygen atoms in total. The number of nitrogens with one attached hydrogen (secondary N) is 1. The minimum Gasteiger partial charge on any atom is -0.379 e. The van der Waals surface area contributed by atoms with Crippen molar-refractivity contribution < 1.29 is 14.3 Å². The van der Waals surface area contributed by atoms with E-state index in [4.69, 9.17) is 9.47 Å². The van der Waals surface area contributed by atoms with Crippen molar-refractivity contribution >= 4 is 5.91 Å². The molecule has 5 heteroatoms. The van der Waals surface area contributed by atoms with Gasteiger partial charge in [-0.15, -0.1) is 0 Å². The van der Waals surface area contributed by atoms with E-state index >= 15 is 0 Å². The summed E-state index contributed by atoms with van der Waals surface area (Å²) in [6, 6.07) is 10.6. The van der Waals surface area contributed by atoms with Crippen molar-refractivity contribution in [2.75, 3.05) is 32.9 Å². The lowest BCUT2D eigenvalue weighted by molar-refractivity contribution is -0.127. The van der Waals surface area contributed by atoms with Gasteiger partial charge in [0.1, 0.15) is 0 Å². The number of nitrogens with zero attached hydrogens (tertiary/aromatic N) is 1. The Balaban J connectivity index is 1.34. The molecule has 3 rings (SSSR count). The van der Waals surface area contributed by atoms with Crippen LogP contribution in [0.2, 0.25) is 0 Å². The molecule has 0 radical (unpaired) electrons. The van der Waals surface area contributed by atoms with Crippen molar-refractivity contribution in [2.24, 2.45) is 5.92 Å². The molecule has 2 heterocycles. The molecular weight excluding hydrogens is 316 g/mol. The third-order valence-electron chi connectivity index (χ3n) is 5.07. The fraction of sp³-hybridized carbons (Fsp3) is 0.650. The largest absolute Gasteiger partial charge is 0.379 e. The van der Waals surface area contributed by atoms with Crippen LogP contribution in [0.4, 0.5) is 0 Å². The van der Waals surface area contributed by atoms with Gasteiger partial charge in [-0.3, -0.25) is 9.69 Å². The molecule has 2 saturated heterocycles. The van der Waals surface area contributed by atoms with Crippen LogP contribution in [0.3, 0.4) is 0 Å². The molecule has 0 bridgehead atoms. The van der Waals surface area contributed by atoms with Gasteiger partial charge in [0.2, 0.25) is 5.91 Å². The van der Waals surface area contributed by atoms with Crippen LogP contribution in [0, 0.1) is 5.92 Å². The van der Waals surface area contributed by atoms with Crippen LogP contribution in [0.1, 0.15) is 31.7 Å². The highest BCUT2D eigenvalue weighted by atomic mass is 16.5. The Bertz CT molecular complexity index is 523. The summed E-state index contributed by atoms with van der Waals surface area (Å²) in [6.07, 6.45) is 3.02. The maximum absolute atomic E-state index is 12.5. The lowest BCUT2D eigenvalue weighted by Crippen LogP contribution is -2.44. The molecule has 2 aliphatic rings. The number of hydrogen-bond donors (Lipinski definition) is 1. The van der Waals surface area contributed by atoms with Crippen LogP contribution in [-0.2, 0) is 20.8 Å². The molecule has 0 spiro atoms. The summed E-state index contributed by atoms with van der Waals surface area (Å²) in [5, 5.41) is 3.11. The molecule has 2 atom stereocenters. The van der Waals surface area contributed by atoms with Gasteiger partial charge in [0.15, 0.2) is 0 Å². The first-order valence-electron chi connectivity index (χ1n) is 9.46. The minimum absolute atomic E-state index is 0.0513. The lowest BCUT2D eigenvalue weighted by atomic mass is 9.95. The third-order valence-corrected chi connectivity index (χ3v) is 5.07. The van der Waals surface area contributed by atoms with Crippen LogP contribution in [0.15, 0.2) is 30.3 Å². The molecule has 2 aliphatic heterocycles. The zero-order valence-electron chi connectivity index (χ0n) is 15.2. The number of rotatable bonds is 7. The zero-order valence-corrected chi connectivity index (χ0v) is 15.2. The second kappa shape index (κ2) is 9.32. The van der Waals surface area contributed by atoms with E-state index in [-0.39, 0.29) is 24.0 Å². The van der Waals surface area contributed by atoms with Gasteiger partial charge in [0.25, 0.3) is 0 Å². The van der Waals surface area contributed by atoms with Gasteiger partial charge in [-0.25, -0.2) is 0 Å². The van der Waals surface area contributed by atoms with Gasteiger partial charge in [0, 0.05) is 25.1 Å². The molecule has 0 aromatic heterocycles. The van der Waals surface area contributed by atoms with Gasteiger partial charge < -0.3 is 14.8 Å².